The average Bonchev–Trinajstić information content (AvgIpc) is 2.38. The summed E-state index contributed by atoms with van der Waals surface area (Å²) in [4.78, 5) is 14.0. The molecule has 0 bridgehead atoms. The van der Waals surface area contributed by atoms with Crippen molar-refractivity contribution in [2.24, 2.45) is 0 Å². The van der Waals surface area contributed by atoms with Crippen molar-refractivity contribution in [3.05, 3.63) is 33.8 Å². The summed E-state index contributed by atoms with van der Waals surface area (Å²) in [5.74, 6) is -0.0339. The van der Waals surface area contributed by atoms with Crippen LogP contribution >= 0.6 is 23.2 Å². The zero-order valence-electron chi connectivity index (χ0n) is 12.7. The molecule has 0 spiro atoms. The van der Waals surface area contributed by atoms with Crippen LogP contribution < -0.4 is 5.32 Å². The molecule has 21 heavy (non-hydrogen) atoms. The fourth-order valence-corrected chi connectivity index (χ4v) is 2.59. The lowest BCUT2D eigenvalue weighted by molar-refractivity contribution is -0.122. The van der Waals surface area contributed by atoms with E-state index in [0.29, 0.717) is 23.2 Å². The Hall–Kier alpha value is -0.810. The topological polar surface area (TPSA) is 41.6 Å². The highest BCUT2D eigenvalue weighted by atomic mass is 35.5. The van der Waals surface area contributed by atoms with Crippen LogP contribution in [0.2, 0.25) is 10.0 Å². The summed E-state index contributed by atoms with van der Waals surface area (Å²) in [6.45, 7) is 3.76. The maximum Gasteiger partial charge on any atom is 0.234 e. The maximum absolute atomic E-state index is 12.0. The van der Waals surface area contributed by atoms with Crippen molar-refractivity contribution in [1.82, 2.24) is 10.2 Å². The molecule has 1 rings (SSSR count). The fraction of sp³-hybridized carbons (Fsp3) is 0.533. The third-order valence-electron chi connectivity index (χ3n) is 3.11. The number of methoxy groups -OCH3 is 1. The van der Waals surface area contributed by atoms with Crippen LogP contribution in [0, 0.1) is 0 Å². The summed E-state index contributed by atoms with van der Waals surface area (Å²) in [5, 5.41) is 4.08. The van der Waals surface area contributed by atoms with Crippen molar-refractivity contribution in [2.75, 3.05) is 33.9 Å². The highest BCUT2D eigenvalue weighted by molar-refractivity contribution is 6.35. The van der Waals surface area contributed by atoms with E-state index in [2.05, 4.69) is 5.32 Å². The van der Waals surface area contributed by atoms with E-state index in [1.54, 1.807) is 19.2 Å². The molecule has 1 aromatic rings. The van der Waals surface area contributed by atoms with Gasteiger partial charge in [-0.25, -0.2) is 0 Å². The third-order valence-corrected chi connectivity index (χ3v) is 3.67. The van der Waals surface area contributed by atoms with Gasteiger partial charge in [0.25, 0.3) is 0 Å². The molecular formula is C15H22Cl2N2O2. The van der Waals surface area contributed by atoms with Gasteiger partial charge in [-0.1, -0.05) is 29.3 Å². The normalized spacial score (nSPS) is 12.5. The van der Waals surface area contributed by atoms with Gasteiger partial charge in [-0.3, -0.25) is 9.69 Å². The number of amides is 1. The van der Waals surface area contributed by atoms with Gasteiger partial charge in [-0.15, -0.1) is 0 Å². The van der Waals surface area contributed by atoms with E-state index in [0.717, 1.165) is 18.5 Å². The Morgan fingerprint density at radius 1 is 1.43 bits per heavy atom. The maximum atomic E-state index is 12.0. The summed E-state index contributed by atoms with van der Waals surface area (Å²) in [6, 6.07) is 5.12. The van der Waals surface area contributed by atoms with E-state index in [1.165, 1.54) is 0 Å². The van der Waals surface area contributed by atoms with Crippen LogP contribution in [0.1, 0.15) is 24.9 Å². The lowest BCUT2D eigenvalue weighted by atomic mass is 10.1. The van der Waals surface area contributed by atoms with Crippen molar-refractivity contribution >= 4 is 29.1 Å². The Kier molecular flexibility index (Phi) is 8.04. The van der Waals surface area contributed by atoms with E-state index in [4.69, 9.17) is 27.9 Å². The number of hydrogen-bond donors (Lipinski definition) is 1. The predicted molar refractivity (Wildman–Crippen MR) is 87.0 cm³/mol. The van der Waals surface area contributed by atoms with Crippen molar-refractivity contribution in [1.29, 1.82) is 0 Å². The molecule has 1 atom stereocenters. The molecule has 1 amide bonds. The summed E-state index contributed by atoms with van der Waals surface area (Å²) >= 11 is 12.0. The highest BCUT2D eigenvalue weighted by Crippen LogP contribution is 2.25. The summed E-state index contributed by atoms with van der Waals surface area (Å²) < 4.78 is 4.99. The van der Waals surface area contributed by atoms with Gasteiger partial charge < -0.3 is 10.1 Å². The zero-order chi connectivity index (χ0) is 15.8. The first-order valence-electron chi connectivity index (χ1n) is 6.85. The number of carbonyl (C=O) groups is 1. The van der Waals surface area contributed by atoms with Crippen LogP contribution in [0.3, 0.4) is 0 Å². The van der Waals surface area contributed by atoms with E-state index >= 15 is 0 Å². The molecule has 6 heteroatoms. The lowest BCUT2D eigenvalue weighted by Gasteiger charge is -2.19. The average molecular weight is 333 g/mol. The summed E-state index contributed by atoms with van der Waals surface area (Å²) in [6.07, 6.45) is 0.902. The standard InChI is InChI=1S/C15H22Cl2N2O2/c1-11(13-6-5-12(16)9-14(13)17)18-15(20)10-19(2)7-4-8-21-3/h5-6,9,11H,4,7-8,10H2,1-3H3,(H,18,20). The Morgan fingerprint density at radius 3 is 2.76 bits per heavy atom. The molecule has 1 N–H and O–H groups in total. The molecule has 0 aliphatic heterocycles. The SMILES string of the molecule is COCCCN(C)CC(=O)NC(C)c1ccc(Cl)cc1Cl. The number of rotatable bonds is 8. The van der Waals surface area contributed by atoms with E-state index in [-0.39, 0.29) is 11.9 Å². The number of benzene rings is 1. The van der Waals surface area contributed by atoms with Gasteiger partial charge in [-0.05, 0) is 38.1 Å². The molecule has 0 heterocycles. The number of ether oxygens (including phenoxy) is 1. The molecule has 1 aromatic carbocycles. The number of nitrogens with one attached hydrogen (secondary N) is 1. The molecule has 0 radical (unpaired) electrons. The number of halogens is 2. The van der Waals surface area contributed by atoms with Gasteiger partial charge in [-0.2, -0.15) is 0 Å². The Labute approximate surface area is 136 Å². The first-order valence-corrected chi connectivity index (χ1v) is 7.61. The zero-order valence-corrected chi connectivity index (χ0v) is 14.2. The van der Waals surface area contributed by atoms with Crippen LogP contribution in [0.4, 0.5) is 0 Å². The molecule has 0 aliphatic carbocycles. The lowest BCUT2D eigenvalue weighted by Crippen LogP contribution is -2.37. The first kappa shape index (κ1) is 18.2. The van der Waals surface area contributed by atoms with Crippen LogP contribution in [-0.4, -0.2) is 44.7 Å². The Morgan fingerprint density at radius 2 is 2.14 bits per heavy atom. The Balaban J connectivity index is 2.46. The first-order chi connectivity index (χ1) is 9.93. The molecule has 0 saturated carbocycles. The minimum absolute atomic E-state index is 0.0339. The smallest absolute Gasteiger partial charge is 0.234 e. The quantitative estimate of drug-likeness (QED) is 0.743. The molecular weight excluding hydrogens is 311 g/mol. The van der Waals surface area contributed by atoms with Gasteiger partial charge in [0, 0.05) is 30.3 Å². The van der Waals surface area contributed by atoms with Crippen LogP contribution in [0.15, 0.2) is 18.2 Å². The fourth-order valence-electron chi connectivity index (χ4n) is 2.02. The molecule has 1 unspecified atom stereocenters. The van der Waals surface area contributed by atoms with Gasteiger partial charge in [0.1, 0.15) is 0 Å². The van der Waals surface area contributed by atoms with Crippen molar-refractivity contribution < 1.29 is 9.53 Å². The molecule has 0 aromatic heterocycles. The van der Waals surface area contributed by atoms with Gasteiger partial charge >= 0.3 is 0 Å². The molecule has 0 fully saturated rings. The largest absolute Gasteiger partial charge is 0.385 e. The second-order valence-corrected chi connectivity index (χ2v) is 5.88. The number of likely N-dealkylation sites (N-methyl/N-ethyl adjacent to an activating group) is 1. The minimum atomic E-state index is -0.158. The van der Waals surface area contributed by atoms with Gasteiger partial charge in [0.2, 0.25) is 5.91 Å². The van der Waals surface area contributed by atoms with Crippen molar-refractivity contribution in [2.45, 2.75) is 19.4 Å². The van der Waals surface area contributed by atoms with Crippen molar-refractivity contribution in [3.63, 3.8) is 0 Å². The summed E-state index contributed by atoms with van der Waals surface area (Å²) in [5.41, 5.74) is 0.858. The highest BCUT2D eigenvalue weighted by Gasteiger charge is 2.14. The summed E-state index contributed by atoms with van der Waals surface area (Å²) in [7, 11) is 3.58. The van der Waals surface area contributed by atoms with Crippen LogP contribution in [0.25, 0.3) is 0 Å². The Bertz CT molecular complexity index is 469. The van der Waals surface area contributed by atoms with Gasteiger partial charge in [0.15, 0.2) is 0 Å². The van der Waals surface area contributed by atoms with E-state index < -0.39 is 0 Å². The molecule has 0 saturated heterocycles. The predicted octanol–water partition coefficient (Wildman–Crippen LogP) is 3.14. The third kappa shape index (κ3) is 6.66. The van der Waals surface area contributed by atoms with Crippen LogP contribution in [-0.2, 0) is 9.53 Å². The van der Waals surface area contributed by atoms with Crippen LogP contribution in [0.5, 0.6) is 0 Å². The number of nitrogens with zero attached hydrogens (tertiary/aromatic N) is 1. The van der Waals surface area contributed by atoms with Crippen molar-refractivity contribution in [3.8, 4) is 0 Å². The minimum Gasteiger partial charge on any atom is -0.385 e. The molecule has 0 aliphatic rings. The van der Waals surface area contributed by atoms with E-state index in [9.17, 15) is 4.79 Å². The van der Waals surface area contributed by atoms with Gasteiger partial charge in [0.05, 0.1) is 12.6 Å². The second-order valence-electron chi connectivity index (χ2n) is 5.04. The number of hydrogen-bond acceptors (Lipinski definition) is 3. The molecule has 118 valence electrons. The van der Waals surface area contributed by atoms with E-state index in [1.807, 2.05) is 24.9 Å². The second kappa shape index (κ2) is 9.26. The molecule has 4 nitrogen and oxygen atoms in total. The monoisotopic (exact) mass is 332 g/mol. The number of carbonyl (C=O) groups excluding carboxylic acids is 1.